The van der Waals surface area contributed by atoms with E-state index in [9.17, 15) is 4.79 Å². The van der Waals surface area contributed by atoms with E-state index < -0.39 is 0 Å². The van der Waals surface area contributed by atoms with Gasteiger partial charge in [0.25, 0.3) is 5.56 Å². The minimum atomic E-state index is -0.291. The maximum absolute atomic E-state index is 11.5. The molecule has 16 heavy (non-hydrogen) atoms. The lowest BCUT2D eigenvalue weighted by molar-refractivity contribution is 0.583. The number of rotatable bonds is 1. The highest BCUT2D eigenvalue weighted by Gasteiger charge is 2.12. The molecule has 0 saturated heterocycles. The lowest BCUT2D eigenvalue weighted by Gasteiger charge is -1.95. The third-order valence-corrected chi connectivity index (χ3v) is 2.34. The van der Waals surface area contributed by atoms with Gasteiger partial charge in [0.2, 0.25) is 5.95 Å². The molecule has 0 aliphatic rings. The Bertz CT molecular complexity index is 693. The number of anilines is 1. The molecule has 0 atom stereocenters. The Labute approximate surface area is 89.1 Å². The monoisotopic (exact) mass is 216 g/mol. The predicted octanol–water partition coefficient (Wildman–Crippen LogP) is 1.09. The van der Waals surface area contributed by atoms with E-state index in [1.807, 2.05) is 0 Å². The summed E-state index contributed by atoms with van der Waals surface area (Å²) in [5.74, 6) is 0.730. The fourth-order valence-corrected chi connectivity index (χ4v) is 1.65. The summed E-state index contributed by atoms with van der Waals surface area (Å²) in [6, 6.07) is 3.56. The summed E-state index contributed by atoms with van der Waals surface area (Å²) in [7, 11) is 0. The largest absolute Gasteiger partial charge is 0.464 e. The highest BCUT2D eigenvalue weighted by atomic mass is 16.3. The molecular formula is C10H8N4O2. The van der Waals surface area contributed by atoms with Gasteiger partial charge < -0.3 is 15.1 Å². The van der Waals surface area contributed by atoms with Crippen molar-refractivity contribution in [3.8, 4) is 11.3 Å². The standard InChI is InChI=1S/C10H8N4O2/c11-10-13-7-5(6-2-1-3-16-6)4-12-8(7)9(15)14-10/h1-4,12H,(H3,11,13,14,15). The van der Waals surface area contributed by atoms with E-state index in [1.165, 1.54) is 0 Å². The molecule has 6 nitrogen and oxygen atoms in total. The van der Waals surface area contributed by atoms with Crippen LogP contribution in [0.25, 0.3) is 22.4 Å². The molecule has 3 aromatic rings. The van der Waals surface area contributed by atoms with E-state index in [0.29, 0.717) is 16.8 Å². The van der Waals surface area contributed by atoms with Gasteiger partial charge in [-0.25, -0.2) is 4.98 Å². The first-order valence-electron chi connectivity index (χ1n) is 4.66. The Balaban J connectivity index is 2.40. The fraction of sp³-hybridized carbons (Fsp3) is 0. The van der Waals surface area contributed by atoms with Crippen LogP contribution in [0, 0.1) is 0 Å². The van der Waals surface area contributed by atoms with E-state index in [1.54, 1.807) is 24.6 Å². The molecule has 0 spiro atoms. The Hall–Kier alpha value is -2.50. The van der Waals surface area contributed by atoms with Crippen LogP contribution in [-0.2, 0) is 0 Å². The lowest BCUT2D eigenvalue weighted by Crippen LogP contribution is -2.10. The van der Waals surface area contributed by atoms with Gasteiger partial charge >= 0.3 is 0 Å². The summed E-state index contributed by atoms with van der Waals surface area (Å²) in [5.41, 5.74) is 6.82. The highest BCUT2D eigenvalue weighted by Crippen LogP contribution is 2.25. The fourth-order valence-electron chi connectivity index (χ4n) is 1.65. The molecule has 3 rings (SSSR count). The van der Waals surface area contributed by atoms with Crippen LogP contribution in [0.1, 0.15) is 0 Å². The van der Waals surface area contributed by atoms with Gasteiger partial charge in [-0.05, 0) is 12.1 Å². The molecule has 0 saturated carbocycles. The lowest BCUT2D eigenvalue weighted by atomic mass is 10.2. The quantitative estimate of drug-likeness (QED) is 0.566. The first-order chi connectivity index (χ1) is 7.75. The molecule has 3 heterocycles. The Kier molecular flexibility index (Phi) is 1.64. The van der Waals surface area contributed by atoms with Crippen molar-refractivity contribution in [2.45, 2.75) is 0 Å². The third-order valence-electron chi connectivity index (χ3n) is 2.34. The van der Waals surface area contributed by atoms with Crippen LogP contribution in [0.3, 0.4) is 0 Å². The minimum absolute atomic E-state index is 0.0879. The molecule has 4 N–H and O–H groups in total. The van der Waals surface area contributed by atoms with Crippen LogP contribution in [0.5, 0.6) is 0 Å². The number of H-pyrrole nitrogens is 2. The minimum Gasteiger partial charge on any atom is -0.464 e. The number of nitrogens with one attached hydrogen (secondary N) is 2. The number of nitrogens with two attached hydrogens (primary N) is 1. The third kappa shape index (κ3) is 1.13. The van der Waals surface area contributed by atoms with Crippen molar-refractivity contribution in [2.75, 3.05) is 5.73 Å². The zero-order valence-corrected chi connectivity index (χ0v) is 8.15. The molecule has 0 aliphatic carbocycles. The van der Waals surface area contributed by atoms with E-state index in [4.69, 9.17) is 10.2 Å². The average Bonchev–Trinajstić information content (AvgIpc) is 2.83. The summed E-state index contributed by atoms with van der Waals surface area (Å²) < 4.78 is 5.25. The first-order valence-corrected chi connectivity index (χ1v) is 4.66. The van der Waals surface area contributed by atoms with Gasteiger partial charge in [-0.15, -0.1) is 0 Å². The Morgan fingerprint density at radius 1 is 1.44 bits per heavy atom. The number of nitrogens with zero attached hydrogens (tertiary/aromatic N) is 1. The first kappa shape index (κ1) is 8.78. The zero-order valence-electron chi connectivity index (χ0n) is 8.15. The number of furan rings is 1. The second kappa shape index (κ2) is 2.99. The van der Waals surface area contributed by atoms with Gasteiger partial charge in [0, 0.05) is 6.20 Å². The molecular weight excluding hydrogens is 208 g/mol. The molecule has 0 bridgehead atoms. The van der Waals surface area contributed by atoms with E-state index in [2.05, 4.69) is 15.0 Å². The number of hydrogen-bond donors (Lipinski definition) is 3. The van der Waals surface area contributed by atoms with E-state index >= 15 is 0 Å². The summed E-state index contributed by atoms with van der Waals surface area (Å²) in [4.78, 5) is 20.9. The molecule has 0 unspecified atom stereocenters. The number of hydrogen-bond acceptors (Lipinski definition) is 4. The Morgan fingerprint density at radius 2 is 2.31 bits per heavy atom. The number of aromatic amines is 2. The van der Waals surface area contributed by atoms with Gasteiger partial charge in [0.1, 0.15) is 16.8 Å². The van der Waals surface area contributed by atoms with Crippen LogP contribution < -0.4 is 11.3 Å². The van der Waals surface area contributed by atoms with Gasteiger partial charge in [0.15, 0.2) is 0 Å². The van der Waals surface area contributed by atoms with Crippen molar-refractivity contribution in [3.05, 3.63) is 34.9 Å². The van der Waals surface area contributed by atoms with Crippen molar-refractivity contribution >= 4 is 17.0 Å². The molecule has 0 aliphatic heterocycles. The van der Waals surface area contributed by atoms with Crippen LogP contribution in [-0.4, -0.2) is 15.0 Å². The molecule has 6 heteroatoms. The topological polar surface area (TPSA) is 101 Å². The maximum Gasteiger partial charge on any atom is 0.276 e. The van der Waals surface area contributed by atoms with Crippen molar-refractivity contribution < 1.29 is 4.42 Å². The molecule has 0 amide bonds. The smallest absolute Gasteiger partial charge is 0.276 e. The van der Waals surface area contributed by atoms with Gasteiger partial charge in [-0.2, -0.15) is 0 Å². The summed E-state index contributed by atoms with van der Waals surface area (Å²) >= 11 is 0. The van der Waals surface area contributed by atoms with Crippen molar-refractivity contribution in [1.29, 1.82) is 0 Å². The SMILES string of the molecule is Nc1nc2c(-c3ccco3)c[nH]c2c(=O)[nH]1. The van der Waals surface area contributed by atoms with E-state index in [0.717, 1.165) is 5.56 Å². The van der Waals surface area contributed by atoms with Gasteiger partial charge in [-0.3, -0.25) is 9.78 Å². The average molecular weight is 216 g/mol. The number of nitrogen functional groups attached to an aromatic ring is 1. The van der Waals surface area contributed by atoms with Gasteiger partial charge in [-0.1, -0.05) is 0 Å². The van der Waals surface area contributed by atoms with Crippen molar-refractivity contribution in [1.82, 2.24) is 15.0 Å². The molecule has 3 aromatic heterocycles. The normalized spacial score (nSPS) is 11.0. The number of aromatic nitrogens is 3. The number of fused-ring (bicyclic) bond motifs is 1. The molecule has 80 valence electrons. The summed E-state index contributed by atoms with van der Waals surface area (Å²) in [6.07, 6.45) is 3.23. The second-order valence-electron chi connectivity index (χ2n) is 3.35. The van der Waals surface area contributed by atoms with Gasteiger partial charge in [0.05, 0.1) is 11.8 Å². The van der Waals surface area contributed by atoms with Crippen LogP contribution in [0.15, 0.2) is 33.8 Å². The zero-order chi connectivity index (χ0) is 11.1. The molecule has 0 aromatic carbocycles. The van der Waals surface area contributed by atoms with Crippen molar-refractivity contribution in [3.63, 3.8) is 0 Å². The molecule has 0 fully saturated rings. The second-order valence-corrected chi connectivity index (χ2v) is 3.35. The maximum atomic E-state index is 11.5. The molecule has 0 radical (unpaired) electrons. The van der Waals surface area contributed by atoms with Crippen LogP contribution >= 0.6 is 0 Å². The van der Waals surface area contributed by atoms with Crippen LogP contribution in [0.2, 0.25) is 0 Å². The Morgan fingerprint density at radius 3 is 3.06 bits per heavy atom. The van der Waals surface area contributed by atoms with Crippen LogP contribution in [0.4, 0.5) is 5.95 Å². The highest BCUT2D eigenvalue weighted by molar-refractivity contribution is 5.90. The predicted molar refractivity (Wildman–Crippen MR) is 58.8 cm³/mol. The summed E-state index contributed by atoms with van der Waals surface area (Å²) in [6.45, 7) is 0. The van der Waals surface area contributed by atoms with E-state index in [-0.39, 0.29) is 11.5 Å². The summed E-state index contributed by atoms with van der Waals surface area (Å²) in [5, 5.41) is 0. The van der Waals surface area contributed by atoms with Crippen molar-refractivity contribution in [2.24, 2.45) is 0 Å².